The number of morpholine rings is 1. The van der Waals surface area contributed by atoms with Gasteiger partial charge in [0.15, 0.2) is 6.29 Å². The van der Waals surface area contributed by atoms with Crippen molar-refractivity contribution >= 4 is 11.9 Å². The minimum absolute atomic E-state index is 0.0493. The van der Waals surface area contributed by atoms with Crippen LogP contribution in [-0.2, 0) is 30.2 Å². The summed E-state index contributed by atoms with van der Waals surface area (Å²) in [5, 5.41) is 5.28. The van der Waals surface area contributed by atoms with E-state index in [1.54, 1.807) is 6.92 Å². The van der Waals surface area contributed by atoms with Gasteiger partial charge in [0.25, 0.3) is 0 Å². The van der Waals surface area contributed by atoms with E-state index in [0.717, 1.165) is 19.1 Å². The quantitative estimate of drug-likeness (QED) is 0.461. The molecule has 0 bridgehead atoms. The van der Waals surface area contributed by atoms with Crippen LogP contribution in [0.1, 0.15) is 19.4 Å². The predicted octanol–water partition coefficient (Wildman–Crippen LogP) is 1.84. The second-order valence-corrected chi connectivity index (χ2v) is 6.89. The number of amides is 1. The fraction of sp³-hybridized carbons (Fsp3) is 0.579. The third-order valence-corrected chi connectivity index (χ3v) is 4.40. The van der Waals surface area contributed by atoms with Gasteiger partial charge >= 0.3 is 12.1 Å². The summed E-state index contributed by atoms with van der Waals surface area (Å²) in [7, 11) is 0. The fourth-order valence-corrected chi connectivity index (χ4v) is 3.21. The summed E-state index contributed by atoms with van der Waals surface area (Å²) in [6, 6.07) is 0.364. The number of halogens is 5. The van der Waals surface area contributed by atoms with E-state index >= 15 is 0 Å². The average Bonchev–Trinajstić information content (AvgIpc) is 2.64. The lowest BCUT2D eigenvalue weighted by molar-refractivity contribution is -0.213. The normalized spacial score (nSPS) is 21.3. The lowest BCUT2D eigenvalue weighted by Crippen LogP contribution is -2.61. The summed E-state index contributed by atoms with van der Waals surface area (Å²) < 4.78 is 81.1. The number of carbonyl (C=O) groups is 2. The van der Waals surface area contributed by atoms with E-state index in [2.05, 4.69) is 10.6 Å². The Bertz CT molecular complexity index is 748. The lowest BCUT2D eigenvalue weighted by Gasteiger charge is -2.38. The molecule has 1 aromatic carbocycles. The number of hydrogen-bond acceptors (Lipinski definition) is 6. The van der Waals surface area contributed by atoms with Crippen LogP contribution in [0.2, 0.25) is 0 Å². The van der Waals surface area contributed by atoms with Crippen molar-refractivity contribution in [2.24, 2.45) is 0 Å². The van der Waals surface area contributed by atoms with Crippen molar-refractivity contribution in [3.8, 4) is 0 Å². The van der Waals surface area contributed by atoms with Crippen LogP contribution in [0.15, 0.2) is 18.2 Å². The van der Waals surface area contributed by atoms with Gasteiger partial charge in [-0.3, -0.25) is 4.79 Å². The van der Waals surface area contributed by atoms with Gasteiger partial charge in [0.05, 0.1) is 18.7 Å². The standard InChI is InChI=1S/C19H23F5N2O5/c1-3-29-16-8-25-15(9-30-16)17(31-18(28)19(22,23)24)14(26-10(2)27)6-11-4-12(20)7-13(21)5-11/h4-5,7,14-17,25H,3,6,8-9H2,1-2H3,(H,26,27). The second kappa shape index (κ2) is 10.8. The van der Waals surface area contributed by atoms with Crippen molar-refractivity contribution in [1.82, 2.24) is 10.6 Å². The van der Waals surface area contributed by atoms with E-state index in [4.69, 9.17) is 14.2 Å². The molecule has 7 nitrogen and oxygen atoms in total. The molecule has 1 aliphatic heterocycles. The molecule has 2 rings (SSSR count). The molecule has 4 atom stereocenters. The molecule has 1 amide bonds. The first kappa shape index (κ1) is 25.0. The molecule has 0 radical (unpaired) electrons. The van der Waals surface area contributed by atoms with Gasteiger partial charge in [0.2, 0.25) is 5.91 Å². The highest BCUT2D eigenvalue weighted by molar-refractivity contribution is 5.76. The first-order valence-electron chi connectivity index (χ1n) is 9.46. The number of nitrogens with one attached hydrogen (secondary N) is 2. The van der Waals surface area contributed by atoms with Gasteiger partial charge < -0.3 is 24.8 Å². The number of esters is 1. The van der Waals surface area contributed by atoms with E-state index in [1.165, 1.54) is 0 Å². The van der Waals surface area contributed by atoms with Gasteiger partial charge in [-0.1, -0.05) is 0 Å². The Balaban J connectivity index is 2.30. The molecular weight excluding hydrogens is 431 g/mol. The zero-order chi connectivity index (χ0) is 23.2. The van der Waals surface area contributed by atoms with Crippen LogP contribution in [0, 0.1) is 11.6 Å². The van der Waals surface area contributed by atoms with Crippen LogP contribution >= 0.6 is 0 Å². The molecule has 12 heteroatoms. The number of carbonyl (C=O) groups excluding carboxylic acids is 2. The van der Waals surface area contributed by atoms with Crippen LogP contribution < -0.4 is 10.6 Å². The molecule has 4 unspecified atom stereocenters. The highest BCUT2D eigenvalue weighted by Crippen LogP contribution is 2.22. The molecule has 1 heterocycles. The summed E-state index contributed by atoms with van der Waals surface area (Å²) in [4.78, 5) is 23.3. The van der Waals surface area contributed by atoms with Gasteiger partial charge in [-0.2, -0.15) is 13.2 Å². The van der Waals surface area contributed by atoms with Crippen molar-refractivity contribution < 1.29 is 45.8 Å². The summed E-state index contributed by atoms with van der Waals surface area (Å²) >= 11 is 0. The van der Waals surface area contributed by atoms with Crippen molar-refractivity contribution in [3.05, 3.63) is 35.4 Å². The summed E-state index contributed by atoms with van der Waals surface area (Å²) in [5.41, 5.74) is 0.0493. The maximum absolute atomic E-state index is 13.6. The molecule has 0 saturated carbocycles. The molecule has 1 aliphatic rings. The van der Waals surface area contributed by atoms with Crippen LogP contribution in [0.3, 0.4) is 0 Å². The Morgan fingerprint density at radius 2 is 1.90 bits per heavy atom. The zero-order valence-corrected chi connectivity index (χ0v) is 16.8. The maximum atomic E-state index is 13.6. The highest BCUT2D eigenvalue weighted by atomic mass is 19.4. The van der Waals surface area contributed by atoms with E-state index in [-0.39, 0.29) is 25.1 Å². The first-order chi connectivity index (χ1) is 14.5. The van der Waals surface area contributed by atoms with E-state index in [1.807, 2.05) is 0 Å². The van der Waals surface area contributed by atoms with E-state index in [0.29, 0.717) is 12.7 Å². The minimum Gasteiger partial charge on any atom is -0.452 e. The number of alkyl halides is 3. The lowest BCUT2D eigenvalue weighted by atomic mass is 9.95. The van der Waals surface area contributed by atoms with Crippen LogP contribution in [0.5, 0.6) is 0 Å². The van der Waals surface area contributed by atoms with Gasteiger partial charge in [-0.15, -0.1) is 0 Å². The molecule has 174 valence electrons. The number of benzene rings is 1. The second-order valence-electron chi connectivity index (χ2n) is 6.89. The molecule has 0 spiro atoms. The number of rotatable bonds is 8. The van der Waals surface area contributed by atoms with Crippen molar-refractivity contribution in [2.45, 2.75) is 50.9 Å². The van der Waals surface area contributed by atoms with Crippen molar-refractivity contribution in [3.63, 3.8) is 0 Å². The molecule has 0 aliphatic carbocycles. The Morgan fingerprint density at radius 3 is 2.39 bits per heavy atom. The SMILES string of the molecule is CCOC1CNC(C(OC(=O)C(F)(F)F)C(Cc2cc(F)cc(F)c2)NC(C)=O)CO1. The smallest absolute Gasteiger partial charge is 0.452 e. The first-order valence-corrected chi connectivity index (χ1v) is 9.46. The monoisotopic (exact) mass is 454 g/mol. The number of ether oxygens (including phenoxy) is 3. The topological polar surface area (TPSA) is 85.9 Å². The summed E-state index contributed by atoms with van der Waals surface area (Å²) in [5.74, 6) is -4.91. The predicted molar refractivity (Wildman–Crippen MR) is 96.8 cm³/mol. The molecule has 1 aromatic rings. The average molecular weight is 454 g/mol. The minimum atomic E-state index is -5.28. The van der Waals surface area contributed by atoms with Crippen LogP contribution in [-0.4, -0.2) is 62.3 Å². The Morgan fingerprint density at radius 1 is 1.26 bits per heavy atom. The molecule has 31 heavy (non-hydrogen) atoms. The molecule has 2 N–H and O–H groups in total. The third kappa shape index (κ3) is 7.71. The third-order valence-electron chi connectivity index (χ3n) is 4.40. The largest absolute Gasteiger partial charge is 0.490 e. The van der Waals surface area contributed by atoms with E-state index < -0.39 is 54.2 Å². The maximum Gasteiger partial charge on any atom is 0.490 e. The molecule has 0 aromatic heterocycles. The van der Waals surface area contributed by atoms with Gasteiger partial charge in [-0.05, 0) is 31.0 Å². The molecule has 1 fully saturated rings. The zero-order valence-electron chi connectivity index (χ0n) is 16.8. The van der Waals surface area contributed by atoms with E-state index in [9.17, 15) is 31.5 Å². The summed E-state index contributed by atoms with van der Waals surface area (Å²) in [6.07, 6.45) is -7.81. The number of hydrogen-bond donors (Lipinski definition) is 2. The van der Waals surface area contributed by atoms with Crippen molar-refractivity contribution in [1.29, 1.82) is 0 Å². The van der Waals surface area contributed by atoms with Gasteiger partial charge in [0.1, 0.15) is 17.7 Å². The Hall–Kier alpha value is -2.31. The highest BCUT2D eigenvalue weighted by Gasteiger charge is 2.46. The molecule has 1 saturated heterocycles. The fourth-order valence-electron chi connectivity index (χ4n) is 3.21. The van der Waals surface area contributed by atoms with Gasteiger partial charge in [-0.25, -0.2) is 13.6 Å². The van der Waals surface area contributed by atoms with Crippen molar-refractivity contribution in [2.75, 3.05) is 19.8 Å². The Kier molecular flexibility index (Phi) is 8.71. The Labute approximate surface area is 175 Å². The van der Waals surface area contributed by atoms with Gasteiger partial charge in [0, 0.05) is 26.1 Å². The van der Waals surface area contributed by atoms with Crippen LogP contribution in [0.25, 0.3) is 0 Å². The van der Waals surface area contributed by atoms with Crippen LogP contribution in [0.4, 0.5) is 22.0 Å². The molecular formula is C19H23F5N2O5. The summed E-state index contributed by atoms with van der Waals surface area (Å²) in [6.45, 7) is 3.06.